The SMILES string of the molecule is NC1=C(c2ccccc2)c2ccccc2Cc2cccc[n+]21. The van der Waals surface area contributed by atoms with E-state index in [1.54, 1.807) is 0 Å². The van der Waals surface area contributed by atoms with E-state index < -0.39 is 0 Å². The number of benzene rings is 2. The van der Waals surface area contributed by atoms with Crippen molar-refractivity contribution in [2.24, 2.45) is 5.73 Å². The zero-order valence-electron chi connectivity index (χ0n) is 12.2. The van der Waals surface area contributed by atoms with E-state index in [4.69, 9.17) is 5.73 Å². The number of hydrogen-bond acceptors (Lipinski definition) is 1. The number of hydrogen-bond donors (Lipinski definition) is 1. The molecule has 3 aromatic rings. The van der Waals surface area contributed by atoms with E-state index >= 15 is 0 Å². The van der Waals surface area contributed by atoms with Gasteiger partial charge in [0.2, 0.25) is 0 Å². The van der Waals surface area contributed by atoms with E-state index in [-0.39, 0.29) is 0 Å². The first kappa shape index (κ1) is 12.8. The minimum absolute atomic E-state index is 0.784. The van der Waals surface area contributed by atoms with Crippen LogP contribution in [-0.2, 0) is 6.42 Å². The van der Waals surface area contributed by atoms with Gasteiger partial charge in [0, 0.05) is 6.42 Å². The maximum absolute atomic E-state index is 6.58. The molecule has 2 heterocycles. The van der Waals surface area contributed by atoms with Gasteiger partial charge in [-0.2, -0.15) is 0 Å². The van der Waals surface area contributed by atoms with E-state index in [0.717, 1.165) is 23.4 Å². The van der Waals surface area contributed by atoms with Crippen LogP contribution in [0.15, 0.2) is 79.0 Å². The zero-order valence-corrected chi connectivity index (χ0v) is 12.2. The van der Waals surface area contributed by atoms with Gasteiger partial charge in [0.05, 0.1) is 11.8 Å². The Labute approximate surface area is 130 Å². The Morgan fingerprint density at radius 3 is 2.36 bits per heavy atom. The Kier molecular flexibility index (Phi) is 3.01. The summed E-state index contributed by atoms with van der Waals surface area (Å²) in [7, 11) is 0. The van der Waals surface area contributed by atoms with Crippen molar-refractivity contribution in [1.29, 1.82) is 0 Å². The van der Waals surface area contributed by atoms with Gasteiger partial charge in [0.25, 0.3) is 5.82 Å². The number of aromatic nitrogens is 1. The van der Waals surface area contributed by atoms with E-state index in [1.165, 1.54) is 16.8 Å². The quantitative estimate of drug-likeness (QED) is 0.684. The molecule has 0 amide bonds. The number of nitrogens with two attached hydrogens (primary N) is 1. The smallest absolute Gasteiger partial charge is 0.285 e. The summed E-state index contributed by atoms with van der Waals surface area (Å²) < 4.78 is 2.10. The molecule has 0 atom stereocenters. The molecule has 4 rings (SSSR count). The topological polar surface area (TPSA) is 29.9 Å². The number of fused-ring (bicyclic) bond motifs is 2. The average Bonchev–Trinajstić information content (AvgIpc) is 2.70. The van der Waals surface area contributed by atoms with E-state index in [9.17, 15) is 0 Å². The van der Waals surface area contributed by atoms with Crippen molar-refractivity contribution in [2.45, 2.75) is 6.42 Å². The van der Waals surface area contributed by atoms with Gasteiger partial charge >= 0.3 is 0 Å². The van der Waals surface area contributed by atoms with E-state index in [0.29, 0.717) is 0 Å². The second kappa shape index (κ2) is 5.15. The van der Waals surface area contributed by atoms with Gasteiger partial charge in [-0.3, -0.25) is 5.73 Å². The molecule has 2 aromatic carbocycles. The molecule has 1 aromatic heterocycles. The summed E-state index contributed by atoms with van der Waals surface area (Å²) >= 11 is 0. The second-order valence-corrected chi connectivity index (χ2v) is 5.52. The number of pyridine rings is 1. The summed E-state index contributed by atoms with van der Waals surface area (Å²) in [4.78, 5) is 0. The number of rotatable bonds is 1. The highest BCUT2D eigenvalue weighted by Gasteiger charge is 2.24. The maximum Gasteiger partial charge on any atom is 0.285 e. The van der Waals surface area contributed by atoms with Crippen LogP contribution in [0.2, 0.25) is 0 Å². The van der Waals surface area contributed by atoms with Crippen molar-refractivity contribution in [3.05, 3.63) is 101 Å². The van der Waals surface area contributed by atoms with E-state index in [2.05, 4.69) is 65.2 Å². The van der Waals surface area contributed by atoms with Crippen LogP contribution in [0.1, 0.15) is 22.4 Å². The van der Waals surface area contributed by atoms with Crippen LogP contribution in [-0.4, -0.2) is 0 Å². The highest BCUT2D eigenvalue weighted by atomic mass is 15.1. The molecule has 2 N–H and O–H groups in total. The first-order valence-corrected chi connectivity index (χ1v) is 7.48. The molecule has 2 heteroatoms. The fourth-order valence-electron chi connectivity index (χ4n) is 3.14. The second-order valence-electron chi connectivity index (χ2n) is 5.52. The molecular formula is C20H17N2+. The van der Waals surface area contributed by atoms with Crippen molar-refractivity contribution in [1.82, 2.24) is 0 Å². The monoisotopic (exact) mass is 285 g/mol. The summed E-state index contributed by atoms with van der Waals surface area (Å²) in [6.07, 6.45) is 2.92. The molecular weight excluding hydrogens is 268 g/mol. The highest BCUT2D eigenvalue weighted by molar-refractivity contribution is 5.91. The van der Waals surface area contributed by atoms with Gasteiger partial charge in [-0.05, 0) is 28.8 Å². The molecule has 1 aliphatic heterocycles. The van der Waals surface area contributed by atoms with Crippen molar-refractivity contribution in [2.75, 3.05) is 0 Å². The molecule has 0 unspecified atom stereocenters. The minimum atomic E-state index is 0.784. The summed E-state index contributed by atoms with van der Waals surface area (Å²) in [5.74, 6) is 0.784. The van der Waals surface area contributed by atoms with Gasteiger partial charge in [0.15, 0.2) is 0 Å². The predicted octanol–water partition coefficient (Wildman–Crippen LogP) is 3.21. The highest BCUT2D eigenvalue weighted by Crippen LogP contribution is 2.31. The first-order chi connectivity index (χ1) is 10.8. The normalized spacial score (nSPS) is 13.3. The van der Waals surface area contributed by atoms with Crippen LogP contribution < -0.4 is 10.3 Å². The molecule has 1 aliphatic rings. The maximum atomic E-state index is 6.58. The summed E-state index contributed by atoms with van der Waals surface area (Å²) in [5.41, 5.74) is 12.6. The van der Waals surface area contributed by atoms with Gasteiger partial charge in [-0.25, -0.2) is 4.57 Å². The van der Waals surface area contributed by atoms with Crippen molar-refractivity contribution in [3.8, 4) is 0 Å². The van der Waals surface area contributed by atoms with Crippen molar-refractivity contribution >= 4 is 11.4 Å². The number of nitrogens with zero attached hydrogens (tertiary/aromatic N) is 1. The van der Waals surface area contributed by atoms with Gasteiger partial charge in [-0.15, -0.1) is 0 Å². The third-order valence-corrected chi connectivity index (χ3v) is 4.18. The average molecular weight is 285 g/mol. The van der Waals surface area contributed by atoms with Crippen molar-refractivity contribution in [3.63, 3.8) is 0 Å². The molecule has 2 nitrogen and oxygen atoms in total. The van der Waals surface area contributed by atoms with Gasteiger partial charge in [-0.1, -0.05) is 60.7 Å². The van der Waals surface area contributed by atoms with Gasteiger partial charge in [0.1, 0.15) is 5.69 Å². The van der Waals surface area contributed by atoms with Crippen LogP contribution in [0, 0.1) is 0 Å². The molecule has 0 aliphatic carbocycles. The zero-order chi connectivity index (χ0) is 14.9. The van der Waals surface area contributed by atoms with E-state index in [1.807, 2.05) is 18.3 Å². The standard InChI is InChI=1S/C20H17N2/c21-20-19(15-8-2-1-3-9-15)18-12-5-4-10-16(18)14-17-11-6-7-13-22(17)20/h1-13H,14,21H2/q+1. The Morgan fingerprint density at radius 2 is 1.50 bits per heavy atom. The molecule has 0 fully saturated rings. The lowest BCUT2D eigenvalue weighted by Crippen LogP contribution is -2.40. The minimum Gasteiger partial charge on any atom is -0.286 e. The Hall–Kier alpha value is -2.87. The molecule has 0 saturated carbocycles. The molecule has 0 saturated heterocycles. The molecule has 106 valence electrons. The molecule has 0 radical (unpaired) electrons. The third kappa shape index (κ3) is 2.01. The lowest BCUT2D eigenvalue weighted by atomic mass is 9.93. The molecule has 0 bridgehead atoms. The van der Waals surface area contributed by atoms with Crippen LogP contribution in [0.3, 0.4) is 0 Å². The first-order valence-electron chi connectivity index (χ1n) is 7.48. The fraction of sp³-hybridized carbons (Fsp3) is 0.0500. The summed E-state index contributed by atoms with van der Waals surface area (Å²) in [6.45, 7) is 0. The Bertz CT molecular complexity index is 864. The Balaban J connectivity index is 2.08. The fourth-order valence-corrected chi connectivity index (χ4v) is 3.14. The lowest BCUT2D eigenvalue weighted by Gasteiger charge is -2.10. The van der Waals surface area contributed by atoms with Crippen LogP contribution in [0.5, 0.6) is 0 Å². The van der Waals surface area contributed by atoms with Crippen LogP contribution in [0.25, 0.3) is 11.4 Å². The van der Waals surface area contributed by atoms with Crippen LogP contribution in [0.4, 0.5) is 0 Å². The lowest BCUT2D eigenvalue weighted by molar-refractivity contribution is -0.590. The molecule has 22 heavy (non-hydrogen) atoms. The third-order valence-electron chi connectivity index (χ3n) is 4.18. The van der Waals surface area contributed by atoms with Crippen LogP contribution >= 0.6 is 0 Å². The van der Waals surface area contributed by atoms with Crippen molar-refractivity contribution < 1.29 is 4.57 Å². The summed E-state index contributed by atoms with van der Waals surface area (Å²) in [6, 6.07) is 25.1. The largest absolute Gasteiger partial charge is 0.286 e. The molecule has 0 spiro atoms. The summed E-state index contributed by atoms with van der Waals surface area (Å²) in [5, 5.41) is 0. The Morgan fingerprint density at radius 1 is 0.773 bits per heavy atom. The van der Waals surface area contributed by atoms with Gasteiger partial charge < -0.3 is 0 Å². The predicted molar refractivity (Wildman–Crippen MR) is 88.7 cm³/mol.